The van der Waals surface area contributed by atoms with Crippen molar-refractivity contribution in [2.75, 3.05) is 0 Å². The van der Waals surface area contributed by atoms with Crippen LogP contribution in [0, 0.1) is 19.8 Å². The molecule has 6 nitrogen and oxygen atoms in total. The maximum Gasteiger partial charge on any atom is 0.250 e. The monoisotopic (exact) mass is 389 g/mol. The van der Waals surface area contributed by atoms with E-state index in [1.165, 1.54) is 12.8 Å². The van der Waals surface area contributed by atoms with Gasteiger partial charge in [0.25, 0.3) is 5.91 Å². The minimum atomic E-state index is -0.453. The van der Waals surface area contributed by atoms with E-state index < -0.39 is 5.91 Å². The zero-order valence-corrected chi connectivity index (χ0v) is 16.5. The molecule has 0 bridgehead atoms. The third-order valence-corrected chi connectivity index (χ3v) is 5.93. The molecule has 6 heteroatoms. The molecule has 29 heavy (non-hydrogen) atoms. The molecule has 0 saturated heterocycles. The van der Waals surface area contributed by atoms with Crippen LogP contribution in [0.3, 0.4) is 0 Å². The van der Waals surface area contributed by atoms with Crippen molar-refractivity contribution in [2.24, 2.45) is 11.7 Å². The summed E-state index contributed by atoms with van der Waals surface area (Å²) in [6, 6.07) is 9.91. The molecule has 0 radical (unpaired) electrons. The number of aromatic nitrogens is 2. The maximum absolute atomic E-state index is 12.5. The molecule has 1 fully saturated rings. The van der Waals surface area contributed by atoms with Crippen molar-refractivity contribution >= 4 is 27.7 Å². The van der Waals surface area contributed by atoms with Gasteiger partial charge < -0.3 is 19.9 Å². The Balaban J connectivity index is 1.89. The van der Waals surface area contributed by atoms with E-state index in [1.54, 1.807) is 0 Å². The van der Waals surface area contributed by atoms with E-state index in [0.717, 1.165) is 50.7 Å². The van der Waals surface area contributed by atoms with E-state index in [2.05, 4.69) is 15.8 Å². The van der Waals surface area contributed by atoms with Crippen LogP contribution >= 0.6 is 0 Å². The van der Waals surface area contributed by atoms with Gasteiger partial charge in [0.15, 0.2) is 0 Å². The standard InChI is InChI=1S/C23H23N3O3/c1-12-21(13(2)29-25-12)16-8-18-17-6-5-15(11-27)7-20(17)26(10-14-3-4-14)22(18)19(9-16)23(24)28/h5-9,14,27H,3-4,10-11H2,1-2H3,(H2,24,28). The molecule has 1 amide bonds. The van der Waals surface area contributed by atoms with Crippen molar-refractivity contribution in [2.45, 2.75) is 39.8 Å². The lowest BCUT2D eigenvalue weighted by molar-refractivity contribution is 0.100. The smallest absolute Gasteiger partial charge is 0.250 e. The lowest BCUT2D eigenvalue weighted by Crippen LogP contribution is -2.14. The Morgan fingerprint density at radius 2 is 2.03 bits per heavy atom. The Labute approximate surface area is 167 Å². The minimum absolute atomic E-state index is 0.0199. The summed E-state index contributed by atoms with van der Waals surface area (Å²) in [5.74, 6) is 0.877. The first-order valence-electron chi connectivity index (χ1n) is 9.90. The minimum Gasteiger partial charge on any atom is -0.392 e. The number of rotatable bonds is 5. The number of carbonyl (C=O) groups is 1. The van der Waals surface area contributed by atoms with Gasteiger partial charge in [-0.05, 0) is 61.9 Å². The number of hydrogen-bond acceptors (Lipinski definition) is 4. The van der Waals surface area contributed by atoms with Crippen molar-refractivity contribution < 1.29 is 14.4 Å². The van der Waals surface area contributed by atoms with Gasteiger partial charge in [-0.3, -0.25) is 4.79 Å². The van der Waals surface area contributed by atoms with Gasteiger partial charge in [-0.2, -0.15) is 0 Å². The predicted octanol–water partition coefficient (Wildman–Crippen LogP) is 4.07. The van der Waals surface area contributed by atoms with Crippen LogP contribution in [0.15, 0.2) is 34.9 Å². The molecule has 1 aliphatic carbocycles. The number of aliphatic hydroxyl groups excluding tert-OH is 1. The van der Waals surface area contributed by atoms with Crippen molar-refractivity contribution in [1.29, 1.82) is 0 Å². The molecular formula is C23H23N3O3. The third kappa shape index (κ3) is 2.83. The Morgan fingerprint density at radius 3 is 2.66 bits per heavy atom. The van der Waals surface area contributed by atoms with Crippen LogP contribution in [0.5, 0.6) is 0 Å². The number of nitrogens with zero attached hydrogens (tertiary/aromatic N) is 2. The molecule has 148 valence electrons. The molecular weight excluding hydrogens is 366 g/mol. The summed E-state index contributed by atoms with van der Waals surface area (Å²) in [7, 11) is 0. The molecule has 2 heterocycles. The van der Waals surface area contributed by atoms with E-state index in [9.17, 15) is 9.90 Å². The van der Waals surface area contributed by atoms with Crippen LogP contribution < -0.4 is 5.73 Å². The van der Waals surface area contributed by atoms with E-state index in [1.807, 2.05) is 38.1 Å². The fourth-order valence-corrected chi connectivity index (χ4v) is 4.35. The SMILES string of the molecule is Cc1noc(C)c1-c1cc(C(N)=O)c2c(c1)c1ccc(CO)cc1n2CC1CC1. The highest BCUT2D eigenvalue weighted by Crippen LogP contribution is 2.40. The second-order valence-electron chi connectivity index (χ2n) is 8.05. The van der Waals surface area contributed by atoms with Crippen LogP contribution in [-0.4, -0.2) is 20.7 Å². The van der Waals surface area contributed by atoms with Gasteiger partial charge >= 0.3 is 0 Å². The summed E-state index contributed by atoms with van der Waals surface area (Å²) in [4.78, 5) is 12.5. The number of aliphatic hydroxyl groups is 1. The zero-order chi connectivity index (χ0) is 20.3. The van der Waals surface area contributed by atoms with E-state index in [0.29, 0.717) is 17.2 Å². The summed E-state index contributed by atoms with van der Waals surface area (Å²) in [5, 5.41) is 15.7. The fourth-order valence-electron chi connectivity index (χ4n) is 4.35. The molecule has 1 aliphatic rings. The van der Waals surface area contributed by atoms with Crippen LogP contribution in [0.25, 0.3) is 32.9 Å². The van der Waals surface area contributed by atoms with Crippen molar-refractivity contribution in [3.05, 3.63) is 52.9 Å². The molecule has 1 saturated carbocycles. The lowest BCUT2D eigenvalue weighted by atomic mass is 9.97. The normalized spacial score (nSPS) is 14.2. The molecule has 2 aromatic carbocycles. The zero-order valence-electron chi connectivity index (χ0n) is 16.5. The molecule has 3 N–H and O–H groups in total. The van der Waals surface area contributed by atoms with E-state index >= 15 is 0 Å². The van der Waals surface area contributed by atoms with Gasteiger partial charge in [0.05, 0.1) is 23.4 Å². The average Bonchev–Trinajstić information content (AvgIpc) is 3.40. The Morgan fingerprint density at radius 1 is 1.24 bits per heavy atom. The number of primary amides is 1. The van der Waals surface area contributed by atoms with Gasteiger partial charge in [0.2, 0.25) is 0 Å². The molecule has 0 aliphatic heterocycles. The predicted molar refractivity (Wildman–Crippen MR) is 112 cm³/mol. The Bertz CT molecular complexity index is 1260. The number of benzene rings is 2. The average molecular weight is 389 g/mol. The van der Waals surface area contributed by atoms with Crippen molar-refractivity contribution in [3.8, 4) is 11.1 Å². The fraction of sp³-hybridized carbons (Fsp3) is 0.304. The number of hydrogen-bond donors (Lipinski definition) is 2. The highest BCUT2D eigenvalue weighted by molar-refractivity contribution is 6.17. The third-order valence-electron chi connectivity index (χ3n) is 5.93. The van der Waals surface area contributed by atoms with Gasteiger partial charge in [0, 0.05) is 28.4 Å². The van der Waals surface area contributed by atoms with Crippen molar-refractivity contribution in [1.82, 2.24) is 9.72 Å². The van der Waals surface area contributed by atoms with E-state index in [-0.39, 0.29) is 6.61 Å². The van der Waals surface area contributed by atoms with E-state index in [4.69, 9.17) is 10.3 Å². The topological polar surface area (TPSA) is 94.3 Å². The van der Waals surface area contributed by atoms with Gasteiger partial charge in [-0.15, -0.1) is 0 Å². The van der Waals surface area contributed by atoms with Crippen LogP contribution in [-0.2, 0) is 13.2 Å². The first-order chi connectivity index (χ1) is 14.0. The summed E-state index contributed by atoms with van der Waals surface area (Å²) >= 11 is 0. The molecule has 5 rings (SSSR count). The Hall–Kier alpha value is -3.12. The number of amides is 1. The molecule has 0 spiro atoms. The first kappa shape index (κ1) is 17.9. The molecule has 0 unspecified atom stereocenters. The van der Waals surface area contributed by atoms with Gasteiger partial charge in [-0.25, -0.2) is 0 Å². The second kappa shape index (κ2) is 6.46. The highest BCUT2D eigenvalue weighted by Gasteiger charge is 2.26. The summed E-state index contributed by atoms with van der Waals surface area (Å²) in [6.45, 7) is 4.59. The largest absolute Gasteiger partial charge is 0.392 e. The number of aryl methyl sites for hydroxylation is 2. The van der Waals surface area contributed by atoms with Gasteiger partial charge in [0.1, 0.15) is 5.76 Å². The quantitative estimate of drug-likeness (QED) is 0.538. The second-order valence-corrected chi connectivity index (χ2v) is 8.05. The lowest BCUT2D eigenvalue weighted by Gasteiger charge is -2.11. The molecule has 2 aromatic heterocycles. The highest BCUT2D eigenvalue weighted by atomic mass is 16.5. The van der Waals surface area contributed by atoms with Crippen LogP contribution in [0.4, 0.5) is 0 Å². The number of nitrogens with two attached hydrogens (primary N) is 1. The van der Waals surface area contributed by atoms with Crippen LogP contribution in [0.1, 0.15) is 40.2 Å². The maximum atomic E-state index is 12.5. The van der Waals surface area contributed by atoms with Crippen LogP contribution in [0.2, 0.25) is 0 Å². The summed E-state index contributed by atoms with van der Waals surface area (Å²) in [5.41, 5.74) is 11.6. The number of carbonyl (C=O) groups excluding carboxylic acids is 1. The summed E-state index contributed by atoms with van der Waals surface area (Å²) < 4.78 is 7.55. The van der Waals surface area contributed by atoms with Gasteiger partial charge in [-0.1, -0.05) is 17.3 Å². The van der Waals surface area contributed by atoms with Crippen molar-refractivity contribution in [3.63, 3.8) is 0 Å². The molecule has 4 aromatic rings. The Kier molecular flexibility index (Phi) is 3.99. The summed E-state index contributed by atoms with van der Waals surface area (Å²) in [6.07, 6.45) is 2.40. The molecule has 0 atom stereocenters. The first-order valence-corrected chi connectivity index (χ1v) is 9.90. The number of fused-ring (bicyclic) bond motifs is 3.